The molecule has 3 rings (SSSR count). The zero-order valence-corrected chi connectivity index (χ0v) is 12.7. The molecule has 4 heteroatoms. The van der Waals surface area contributed by atoms with Gasteiger partial charge in [0.25, 0.3) is 0 Å². The van der Waals surface area contributed by atoms with E-state index in [0.29, 0.717) is 12.5 Å². The third kappa shape index (κ3) is 3.17. The van der Waals surface area contributed by atoms with Crippen LogP contribution in [-0.2, 0) is 4.79 Å². The molecule has 3 N–H and O–H groups in total. The van der Waals surface area contributed by atoms with Crippen LogP contribution in [0, 0.1) is 11.8 Å². The van der Waals surface area contributed by atoms with Crippen LogP contribution >= 0.6 is 11.3 Å². The summed E-state index contributed by atoms with van der Waals surface area (Å²) in [6.45, 7) is 0.604. The van der Waals surface area contributed by atoms with E-state index >= 15 is 0 Å². The maximum absolute atomic E-state index is 12.4. The fourth-order valence-corrected chi connectivity index (χ4v) is 3.82. The lowest BCUT2D eigenvalue weighted by Crippen LogP contribution is -2.29. The second kappa shape index (κ2) is 6.41. The highest BCUT2D eigenvalue weighted by atomic mass is 32.1. The van der Waals surface area contributed by atoms with Crippen LogP contribution in [0.3, 0.4) is 0 Å². The average molecular weight is 300 g/mol. The molecule has 1 heterocycles. The molecule has 0 unspecified atom stereocenters. The molecule has 0 bridgehead atoms. The number of anilines is 1. The van der Waals surface area contributed by atoms with Crippen molar-refractivity contribution < 1.29 is 4.79 Å². The van der Waals surface area contributed by atoms with Crippen molar-refractivity contribution in [3.63, 3.8) is 0 Å². The molecule has 0 radical (unpaired) electrons. The SMILES string of the molecule is NC[C@H]1CCC[C@H]1C(=O)Nc1cccc(-c2cccs2)c1. The lowest BCUT2D eigenvalue weighted by atomic mass is 9.95. The quantitative estimate of drug-likeness (QED) is 0.904. The van der Waals surface area contributed by atoms with E-state index in [2.05, 4.69) is 22.8 Å². The summed E-state index contributed by atoms with van der Waals surface area (Å²) in [4.78, 5) is 13.6. The first kappa shape index (κ1) is 14.3. The zero-order chi connectivity index (χ0) is 14.7. The van der Waals surface area contributed by atoms with Crippen LogP contribution in [0.2, 0.25) is 0 Å². The largest absolute Gasteiger partial charge is 0.330 e. The normalized spacial score (nSPS) is 21.4. The van der Waals surface area contributed by atoms with Gasteiger partial charge in [-0.1, -0.05) is 24.6 Å². The molecule has 0 saturated heterocycles. The van der Waals surface area contributed by atoms with Crippen LogP contribution in [0.4, 0.5) is 5.69 Å². The molecule has 1 fully saturated rings. The number of nitrogens with one attached hydrogen (secondary N) is 1. The summed E-state index contributed by atoms with van der Waals surface area (Å²) in [6.07, 6.45) is 3.14. The third-order valence-corrected chi connectivity index (χ3v) is 5.15. The van der Waals surface area contributed by atoms with E-state index in [1.54, 1.807) is 11.3 Å². The Kier molecular flexibility index (Phi) is 4.36. The summed E-state index contributed by atoms with van der Waals surface area (Å²) in [5, 5.41) is 5.12. The second-order valence-corrected chi connectivity index (χ2v) is 6.53. The topological polar surface area (TPSA) is 55.1 Å². The van der Waals surface area contributed by atoms with Crippen LogP contribution in [0.15, 0.2) is 41.8 Å². The molecule has 1 aromatic carbocycles. The van der Waals surface area contributed by atoms with Gasteiger partial charge in [0.05, 0.1) is 0 Å². The van der Waals surface area contributed by atoms with Crippen LogP contribution in [0.5, 0.6) is 0 Å². The van der Waals surface area contributed by atoms with Crippen molar-refractivity contribution >= 4 is 22.9 Å². The number of nitrogens with two attached hydrogens (primary N) is 1. The molecule has 1 aromatic heterocycles. The van der Waals surface area contributed by atoms with E-state index in [4.69, 9.17) is 5.73 Å². The molecule has 21 heavy (non-hydrogen) atoms. The Labute approximate surface area is 129 Å². The standard InChI is InChI=1S/C17H20N2OS/c18-11-13-5-2-7-15(13)17(20)19-14-6-1-4-12(10-14)16-8-3-9-21-16/h1,3-4,6,8-10,13,15H,2,5,7,11,18H2,(H,19,20)/t13-,15-/m1/s1. The minimum absolute atomic E-state index is 0.0698. The van der Waals surface area contributed by atoms with Crippen molar-refractivity contribution in [3.8, 4) is 10.4 Å². The number of carbonyl (C=O) groups is 1. The zero-order valence-electron chi connectivity index (χ0n) is 11.9. The smallest absolute Gasteiger partial charge is 0.227 e. The maximum atomic E-state index is 12.4. The minimum Gasteiger partial charge on any atom is -0.330 e. The van der Waals surface area contributed by atoms with Crippen LogP contribution < -0.4 is 11.1 Å². The average Bonchev–Trinajstić information content (AvgIpc) is 3.18. The van der Waals surface area contributed by atoms with E-state index < -0.39 is 0 Å². The summed E-state index contributed by atoms with van der Waals surface area (Å²) in [5.74, 6) is 0.525. The number of amides is 1. The molecule has 0 aliphatic heterocycles. The van der Waals surface area contributed by atoms with E-state index in [9.17, 15) is 4.79 Å². The molecule has 1 amide bonds. The van der Waals surface area contributed by atoms with Gasteiger partial charge in [0, 0.05) is 16.5 Å². The molecule has 0 spiro atoms. The first-order chi connectivity index (χ1) is 10.3. The lowest BCUT2D eigenvalue weighted by molar-refractivity contribution is -0.120. The summed E-state index contributed by atoms with van der Waals surface area (Å²) in [7, 11) is 0. The Balaban J connectivity index is 1.73. The predicted octanol–water partition coefficient (Wildman–Crippen LogP) is 3.73. The molecule has 1 aliphatic rings. The maximum Gasteiger partial charge on any atom is 0.227 e. The van der Waals surface area contributed by atoms with Gasteiger partial charge in [-0.3, -0.25) is 4.79 Å². The van der Waals surface area contributed by atoms with Crippen molar-refractivity contribution in [2.45, 2.75) is 19.3 Å². The number of hydrogen-bond acceptors (Lipinski definition) is 3. The summed E-state index contributed by atoms with van der Waals surface area (Å²) >= 11 is 1.70. The van der Waals surface area contributed by atoms with Crippen molar-refractivity contribution in [1.29, 1.82) is 0 Å². The summed E-state index contributed by atoms with van der Waals surface area (Å²) < 4.78 is 0. The van der Waals surface area contributed by atoms with Gasteiger partial charge in [0.15, 0.2) is 0 Å². The van der Waals surface area contributed by atoms with Gasteiger partial charge in [0.2, 0.25) is 5.91 Å². The Morgan fingerprint density at radius 1 is 1.29 bits per heavy atom. The number of hydrogen-bond donors (Lipinski definition) is 2. The third-order valence-electron chi connectivity index (χ3n) is 4.23. The van der Waals surface area contributed by atoms with E-state index in [1.807, 2.05) is 24.3 Å². The molecule has 3 nitrogen and oxygen atoms in total. The minimum atomic E-state index is 0.0698. The number of carbonyl (C=O) groups excluding carboxylic acids is 1. The van der Waals surface area contributed by atoms with Crippen molar-refractivity contribution in [1.82, 2.24) is 0 Å². The first-order valence-corrected chi connectivity index (χ1v) is 8.31. The van der Waals surface area contributed by atoms with E-state index in [-0.39, 0.29) is 11.8 Å². The molecule has 1 saturated carbocycles. The molecule has 1 aliphatic carbocycles. The predicted molar refractivity (Wildman–Crippen MR) is 88.3 cm³/mol. The fraction of sp³-hybridized carbons (Fsp3) is 0.353. The summed E-state index contributed by atoms with van der Waals surface area (Å²) in [5.41, 5.74) is 7.78. The van der Waals surface area contributed by atoms with Gasteiger partial charge in [-0.05, 0) is 54.4 Å². The second-order valence-electron chi connectivity index (χ2n) is 5.58. The van der Waals surface area contributed by atoms with Crippen LogP contribution in [0.1, 0.15) is 19.3 Å². The van der Waals surface area contributed by atoms with Crippen molar-refractivity contribution in [2.75, 3.05) is 11.9 Å². The van der Waals surface area contributed by atoms with Gasteiger partial charge in [-0.15, -0.1) is 11.3 Å². The van der Waals surface area contributed by atoms with E-state index in [1.165, 1.54) is 4.88 Å². The van der Waals surface area contributed by atoms with Gasteiger partial charge in [0.1, 0.15) is 0 Å². The van der Waals surface area contributed by atoms with Gasteiger partial charge >= 0.3 is 0 Å². The van der Waals surface area contributed by atoms with E-state index in [0.717, 1.165) is 30.5 Å². The Hall–Kier alpha value is -1.65. The summed E-state index contributed by atoms with van der Waals surface area (Å²) in [6, 6.07) is 12.2. The Morgan fingerprint density at radius 3 is 2.95 bits per heavy atom. The van der Waals surface area contributed by atoms with Gasteiger partial charge in [-0.2, -0.15) is 0 Å². The molecular formula is C17H20N2OS. The van der Waals surface area contributed by atoms with Crippen molar-refractivity contribution in [2.24, 2.45) is 17.6 Å². The van der Waals surface area contributed by atoms with Gasteiger partial charge < -0.3 is 11.1 Å². The molecule has 2 atom stereocenters. The highest BCUT2D eigenvalue weighted by molar-refractivity contribution is 7.13. The number of rotatable bonds is 4. The van der Waals surface area contributed by atoms with Gasteiger partial charge in [-0.25, -0.2) is 0 Å². The van der Waals surface area contributed by atoms with Crippen LogP contribution in [0.25, 0.3) is 10.4 Å². The number of thiophene rings is 1. The Morgan fingerprint density at radius 2 is 2.19 bits per heavy atom. The highest BCUT2D eigenvalue weighted by Crippen LogP contribution is 2.32. The van der Waals surface area contributed by atoms with Crippen LogP contribution in [-0.4, -0.2) is 12.5 Å². The lowest BCUT2D eigenvalue weighted by Gasteiger charge is -2.17. The fourth-order valence-electron chi connectivity index (χ4n) is 3.09. The highest BCUT2D eigenvalue weighted by Gasteiger charge is 2.31. The Bertz CT molecular complexity index is 609. The molecular weight excluding hydrogens is 280 g/mol. The first-order valence-electron chi connectivity index (χ1n) is 7.43. The van der Waals surface area contributed by atoms with Crippen molar-refractivity contribution in [3.05, 3.63) is 41.8 Å². The number of benzene rings is 1. The molecule has 2 aromatic rings. The molecule has 110 valence electrons. The monoisotopic (exact) mass is 300 g/mol.